The van der Waals surface area contributed by atoms with Crippen molar-refractivity contribution in [1.82, 2.24) is 0 Å². The number of anilines is 1. The van der Waals surface area contributed by atoms with Gasteiger partial charge >= 0.3 is 5.97 Å². The Hall–Kier alpha value is -3.88. The van der Waals surface area contributed by atoms with Gasteiger partial charge in [-0.15, -0.1) is 0 Å². The molecule has 0 aliphatic rings. The second-order valence-corrected chi connectivity index (χ2v) is 6.29. The summed E-state index contributed by atoms with van der Waals surface area (Å²) in [6.07, 6.45) is 2.54. The number of carbonyl (C=O) groups excluding carboxylic acids is 3. The Morgan fingerprint density at radius 1 is 1.06 bits per heavy atom. The van der Waals surface area contributed by atoms with Crippen molar-refractivity contribution in [3.63, 3.8) is 0 Å². The van der Waals surface area contributed by atoms with E-state index < -0.39 is 30.2 Å². The fraction of sp³-hybridized carbons (Fsp3) is 0.227. The summed E-state index contributed by atoms with van der Waals surface area (Å²) in [6, 6.07) is 10.2. The summed E-state index contributed by atoms with van der Waals surface area (Å²) in [5.41, 5.74) is 6.11. The molecule has 2 rings (SSSR count). The normalized spacial score (nSPS) is 10.5. The van der Waals surface area contributed by atoms with Gasteiger partial charge in [-0.1, -0.05) is 0 Å². The number of nitrogens with two attached hydrogens (primary N) is 1. The molecular weight excluding hydrogens is 407 g/mol. The number of hydrogen-bond donors (Lipinski definition) is 1. The summed E-state index contributed by atoms with van der Waals surface area (Å²) >= 11 is 0. The number of halogens is 1. The van der Waals surface area contributed by atoms with E-state index in [0.717, 1.165) is 6.08 Å². The molecule has 2 amide bonds. The van der Waals surface area contributed by atoms with E-state index in [1.807, 2.05) is 0 Å². The number of rotatable bonds is 10. The van der Waals surface area contributed by atoms with E-state index in [-0.39, 0.29) is 13.0 Å². The maximum atomic E-state index is 13.2. The topological polar surface area (TPSA) is 108 Å². The van der Waals surface area contributed by atoms with Gasteiger partial charge in [-0.3, -0.25) is 9.59 Å². The van der Waals surface area contributed by atoms with E-state index in [1.165, 1.54) is 49.5 Å². The third kappa shape index (κ3) is 7.14. The highest BCUT2D eigenvalue weighted by molar-refractivity contribution is 5.97. The molecule has 0 aliphatic heterocycles. The van der Waals surface area contributed by atoms with Gasteiger partial charge in [0, 0.05) is 36.4 Å². The van der Waals surface area contributed by atoms with Crippen LogP contribution < -0.4 is 20.1 Å². The number of hydrogen-bond acceptors (Lipinski definition) is 6. The monoisotopic (exact) mass is 430 g/mol. The number of carbonyl (C=O) groups is 3. The molecule has 2 aromatic carbocycles. The molecule has 0 heterocycles. The Labute approximate surface area is 179 Å². The standard InChI is InChI=1S/C22H23FN2O6/c1-29-18-9-3-15(19(13-18)30-2)4-10-22(28)31-14-21(27)25(12-11-20(24)26)17-7-5-16(23)6-8-17/h3-10,13H,11-12,14H2,1-2H3,(H2,24,26)/b10-4+. The molecule has 2 aromatic rings. The van der Waals surface area contributed by atoms with Gasteiger partial charge in [0.2, 0.25) is 5.91 Å². The predicted molar refractivity (Wildman–Crippen MR) is 112 cm³/mol. The zero-order valence-corrected chi connectivity index (χ0v) is 17.2. The summed E-state index contributed by atoms with van der Waals surface area (Å²) in [7, 11) is 3.01. The van der Waals surface area contributed by atoms with Crippen LogP contribution in [0, 0.1) is 5.82 Å². The lowest BCUT2D eigenvalue weighted by atomic mass is 10.2. The fourth-order valence-corrected chi connectivity index (χ4v) is 2.61. The van der Waals surface area contributed by atoms with Crippen molar-refractivity contribution in [2.75, 3.05) is 32.3 Å². The summed E-state index contributed by atoms with van der Waals surface area (Å²) in [6.45, 7) is -0.602. The average molecular weight is 430 g/mol. The van der Waals surface area contributed by atoms with Crippen LogP contribution in [0.2, 0.25) is 0 Å². The number of primary amides is 1. The molecule has 0 fully saturated rings. The minimum Gasteiger partial charge on any atom is -0.497 e. The Morgan fingerprint density at radius 2 is 1.77 bits per heavy atom. The number of esters is 1. The van der Waals surface area contributed by atoms with Crippen molar-refractivity contribution in [1.29, 1.82) is 0 Å². The summed E-state index contributed by atoms with van der Waals surface area (Å²) < 4.78 is 28.5. The van der Waals surface area contributed by atoms with Crippen molar-refractivity contribution >= 4 is 29.5 Å². The van der Waals surface area contributed by atoms with Crippen LogP contribution in [-0.2, 0) is 19.1 Å². The highest BCUT2D eigenvalue weighted by Crippen LogP contribution is 2.25. The zero-order valence-electron chi connectivity index (χ0n) is 17.2. The van der Waals surface area contributed by atoms with Gasteiger partial charge in [-0.25, -0.2) is 9.18 Å². The Balaban J connectivity index is 2.02. The first-order valence-electron chi connectivity index (χ1n) is 9.25. The molecule has 2 N–H and O–H groups in total. The minimum absolute atomic E-state index is 0.0315. The van der Waals surface area contributed by atoms with Crippen molar-refractivity contribution in [2.24, 2.45) is 5.73 Å². The third-order valence-corrected chi connectivity index (χ3v) is 4.20. The van der Waals surface area contributed by atoms with E-state index in [1.54, 1.807) is 18.2 Å². The van der Waals surface area contributed by atoms with E-state index in [2.05, 4.69) is 0 Å². The van der Waals surface area contributed by atoms with Crippen LogP contribution in [0.4, 0.5) is 10.1 Å². The Morgan fingerprint density at radius 3 is 2.39 bits per heavy atom. The average Bonchev–Trinajstić information content (AvgIpc) is 2.77. The van der Waals surface area contributed by atoms with Crippen LogP contribution in [0.15, 0.2) is 48.5 Å². The van der Waals surface area contributed by atoms with E-state index in [0.29, 0.717) is 22.7 Å². The van der Waals surface area contributed by atoms with Crippen LogP contribution in [0.3, 0.4) is 0 Å². The van der Waals surface area contributed by atoms with E-state index >= 15 is 0 Å². The quantitative estimate of drug-likeness (QED) is 0.458. The largest absolute Gasteiger partial charge is 0.497 e. The van der Waals surface area contributed by atoms with Gasteiger partial charge in [0.1, 0.15) is 17.3 Å². The lowest BCUT2D eigenvalue weighted by Gasteiger charge is -2.22. The Kier molecular flexibility index (Phi) is 8.56. The number of benzene rings is 2. The van der Waals surface area contributed by atoms with Crippen molar-refractivity contribution < 1.29 is 33.0 Å². The van der Waals surface area contributed by atoms with Gasteiger partial charge in [-0.05, 0) is 42.5 Å². The smallest absolute Gasteiger partial charge is 0.331 e. The molecule has 0 saturated carbocycles. The molecule has 0 saturated heterocycles. The van der Waals surface area contributed by atoms with Gasteiger partial charge in [-0.2, -0.15) is 0 Å². The molecule has 0 spiro atoms. The van der Waals surface area contributed by atoms with E-state index in [9.17, 15) is 18.8 Å². The minimum atomic E-state index is -0.750. The predicted octanol–water partition coefficient (Wildman–Crippen LogP) is 2.31. The highest BCUT2D eigenvalue weighted by atomic mass is 19.1. The van der Waals surface area contributed by atoms with Crippen LogP contribution in [0.25, 0.3) is 6.08 Å². The van der Waals surface area contributed by atoms with Crippen LogP contribution in [0.1, 0.15) is 12.0 Å². The second-order valence-electron chi connectivity index (χ2n) is 6.29. The van der Waals surface area contributed by atoms with E-state index in [4.69, 9.17) is 19.9 Å². The van der Waals surface area contributed by atoms with Gasteiger partial charge in [0.25, 0.3) is 5.91 Å². The summed E-state index contributed by atoms with van der Waals surface area (Å²) in [5, 5.41) is 0. The number of nitrogens with zero attached hydrogens (tertiary/aromatic N) is 1. The molecule has 0 bridgehead atoms. The zero-order chi connectivity index (χ0) is 22.8. The molecule has 8 nitrogen and oxygen atoms in total. The summed E-state index contributed by atoms with van der Waals surface area (Å²) in [4.78, 5) is 36.9. The molecule has 9 heteroatoms. The fourth-order valence-electron chi connectivity index (χ4n) is 2.61. The van der Waals surface area contributed by atoms with Gasteiger partial charge < -0.3 is 24.8 Å². The number of ether oxygens (including phenoxy) is 3. The lowest BCUT2D eigenvalue weighted by Crippen LogP contribution is -2.37. The Bertz CT molecular complexity index is 959. The molecule has 0 aliphatic carbocycles. The van der Waals surface area contributed by atoms with Crippen LogP contribution in [-0.4, -0.2) is 45.2 Å². The molecule has 0 aromatic heterocycles. The molecule has 0 unspecified atom stereocenters. The van der Waals surface area contributed by atoms with Gasteiger partial charge in [0.15, 0.2) is 6.61 Å². The van der Waals surface area contributed by atoms with Gasteiger partial charge in [0.05, 0.1) is 14.2 Å². The maximum absolute atomic E-state index is 13.2. The van der Waals surface area contributed by atoms with Crippen molar-refractivity contribution in [3.05, 3.63) is 59.9 Å². The first-order chi connectivity index (χ1) is 14.8. The van der Waals surface area contributed by atoms with Crippen LogP contribution in [0.5, 0.6) is 11.5 Å². The number of amides is 2. The SMILES string of the molecule is COc1ccc(/C=C/C(=O)OCC(=O)N(CCC(N)=O)c2ccc(F)cc2)c(OC)c1. The molecule has 0 radical (unpaired) electrons. The first-order valence-corrected chi connectivity index (χ1v) is 9.25. The van der Waals surface area contributed by atoms with Crippen LogP contribution >= 0.6 is 0 Å². The molecule has 31 heavy (non-hydrogen) atoms. The maximum Gasteiger partial charge on any atom is 0.331 e. The highest BCUT2D eigenvalue weighted by Gasteiger charge is 2.18. The second kappa shape index (κ2) is 11.3. The first kappa shape index (κ1) is 23.4. The lowest BCUT2D eigenvalue weighted by molar-refractivity contribution is -0.143. The van der Waals surface area contributed by atoms with Crippen molar-refractivity contribution in [2.45, 2.75) is 6.42 Å². The summed E-state index contributed by atoms with van der Waals surface area (Å²) in [5.74, 6) is -1.32. The molecule has 164 valence electrons. The number of methoxy groups -OCH3 is 2. The van der Waals surface area contributed by atoms with Crippen molar-refractivity contribution in [3.8, 4) is 11.5 Å². The third-order valence-electron chi connectivity index (χ3n) is 4.20. The molecular formula is C22H23FN2O6. The molecule has 0 atom stereocenters.